The van der Waals surface area contributed by atoms with Crippen molar-refractivity contribution in [2.24, 2.45) is 0 Å². The van der Waals surface area contributed by atoms with Crippen LogP contribution in [0.25, 0.3) is 0 Å². The Balaban J connectivity index is 1.17. The van der Waals surface area contributed by atoms with Crippen LogP contribution < -0.4 is 10.6 Å². The molecule has 0 aromatic rings. The number of allylic oxidation sites excluding steroid dienone is 2. The van der Waals surface area contributed by atoms with E-state index in [2.05, 4.69) is 10.6 Å². The van der Waals surface area contributed by atoms with E-state index in [9.17, 15) is 18.4 Å². The summed E-state index contributed by atoms with van der Waals surface area (Å²) in [5.74, 6) is -3.27. The minimum Gasteiger partial charge on any atom is -0.353 e. The van der Waals surface area contributed by atoms with Gasteiger partial charge in [-0.2, -0.15) is 0 Å². The molecule has 0 aromatic heterocycles. The molecule has 0 aromatic carbocycles. The molecule has 2 saturated heterocycles. The molecule has 1 aliphatic carbocycles. The predicted molar refractivity (Wildman–Crippen MR) is 143 cm³/mol. The van der Waals surface area contributed by atoms with Crippen LogP contribution in [-0.2, 0) is 28.5 Å². The molecule has 2 unspecified atom stereocenters. The predicted octanol–water partition coefficient (Wildman–Crippen LogP) is 5.27. The van der Waals surface area contributed by atoms with Crippen LogP contribution in [0.3, 0.4) is 0 Å². The van der Waals surface area contributed by atoms with Gasteiger partial charge in [-0.25, -0.2) is 8.78 Å². The Labute approximate surface area is 231 Å². The quantitative estimate of drug-likeness (QED) is 0.176. The van der Waals surface area contributed by atoms with E-state index < -0.39 is 23.5 Å². The molecule has 0 radical (unpaired) electrons. The average Bonchev–Trinajstić information content (AvgIpc) is 3.69. The number of unbranched alkanes of at least 4 members (excludes halogenated alkanes) is 6. The van der Waals surface area contributed by atoms with Gasteiger partial charge in [-0.1, -0.05) is 12.8 Å². The van der Waals surface area contributed by atoms with E-state index in [0.29, 0.717) is 32.5 Å². The van der Waals surface area contributed by atoms with Crippen molar-refractivity contribution in [3.05, 3.63) is 23.8 Å². The number of carbonyl (C=O) groups excluding carboxylic acids is 2. The molecule has 222 valence electrons. The summed E-state index contributed by atoms with van der Waals surface area (Å²) in [4.78, 5) is 24.1. The number of nitrogens with one attached hydrogen (secondary N) is 2. The Morgan fingerprint density at radius 2 is 1.15 bits per heavy atom. The minimum absolute atomic E-state index is 0.0917. The first-order chi connectivity index (χ1) is 19.0. The number of rotatable bonds is 18. The van der Waals surface area contributed by atoms with E-state index in [-0.39, 0.29) is 24.7 Å². The molecular weight excluding hydrogens is 510 g/mol. The van der Waals surface area contributed by atoms with Crippen LogP contribution in [0.1, 0.15) is 96.3 Å². The van der Waals surface area contributed by atoms with Gasteiger partial charge in [0, 0.05) is 26.4 Å². The highest BCUT2D eigenvalue weighted by atomic mass is 19.1. The summed E-state index contributed by atoms with van der Waals surface area (Å²) in [6, 6.07) is -0.776. The Morgan fingerprint density at radius 3 is 1.56 bits per heavy atom. The van der Waals surface area contributed by atoms with E-state index in [4.69, 9.17) is 18.9 Å². The minimum atomic E-state index is -0.832. The van der Waals surface area contributed by atoms with Crippen LogP contribution in [0, 0.1) is 0 Å². The largest absolute Gasteiger partial charge is 0.353 e. The van der Waals surface area contributed by atoms with E-state index in [1.807, 2.05) is 0 Å². The van der Waals surface area contributed by atoms with Crippen molar-refractivity contribution in [2.75, 3.05) is 26.4 Å². The molecule has 0 bridgehead atoms. The molecule has 39 heavy (non-hydrogen) atoms. The van der Waals surface area contributed by atoms with Crippen LogP contribution in [0.4, 0.5) is 8.78 Å². The number of ether oxygens (including phenoxy) is 4. The second-order valence-electron chi connectivity index (χ2n) is 10.5. The molecule has 3 fully saturated rings. The summed E-state index contributed by atoms with van der Waals surface area (Å²) in [6.07, 6.45) is 15.1. The highest BCUT2D eigenvalue weighted by molar-refractivity contribution is 5.93. The number of carbonyl (C=O) groups is 2. The SMILES string of the molecule is O=C(N[C@@H]1C[C@@H]1NC(=O)/C(F)=C\CCCCCOC1CCCCO1)/C(F)=C/CCCCCOC1CCCCO1. The van der Waals surface area contributed by atoms with Crippen LogP contribution in [0.5, 0.6) is 0 Å². The number of hydrogen-bond donors (Lipinski definition) is 2. The van der Waals surface area contributed by atoms with Crippen molar-refractivity contribution in [2.45, 2.75) is 121 Å². The fraction of sp³-hybridized carbons (Fsp3) is 0.793. The fourth-order valence-corrected chi connectivity index (χ4v) is 4.59. The normalized spacial score (nSPS) is 25.8. The first kappa shape index (κ1) is 31.6. The highest BCUT2D eigenvalue weighted by Gasteiger charge is 2.40. The van der Waals surface area contributed by atoms with Gasteiger partial charge in [-0.3, -0.25) is 9.59 Å². The Bertz CT molecular complexity index is 733. The number of hydrogen-bond acceptors (Lipinski definition) is 6. The summed E-state index contributed by atoms with van der Waals surface area (Å²) in [5, 5.41) is 5.09. The molecule has 2 aliphatic heterocycles. The summed E-state index contributed by atoms with van der Waals surface area (Å²) >= 11 is 0. The van der Waals surface area contributed by atoms with Crippen molar-refractivity contribution >= 4 is 11.8 Å². The van der Waals surface area contributed by atoms with Crippen molar-refractivity contribution < 1.29 is 37.3 Å². The lowest BCUT2D eigenvalue weighted by molar-refractivity contribution is -0.163. The lowest BCUT2D eigenvalue weighted by Gasteiger charge is -2.22. The van der Waals surface area contributed by atoms with Gasteiger partial charge in [0.1, 0.15) is 0 Å². The Morgan fingerprint density at radius 1 is 0.692 bits per heavy atom. The number of halogens is 2. The van der Waals surface area contributed by atoms with Gasteiger partial charge in [-0.15, -0.1) is 0 Å². The zero-order chi connectivity index (χ0) is 27.7. The van der Waals surface area contributed by atoms with E-state index in [0.717, 1.165) is 90.3 Å². The van der Waals surface area contributed by atoms with Crippen molar-refractivity contribution in [3.63, 3.8) is 0 Å². The summed E-state index contributed by atoms with van der Waals surface area (Å²) in [5.41, 5.74) is 0. The lowest BCUT2D eigenvalue weighted by Crippen LogP contribution is -2.35. The van der Waals surface area contributed by atoms with Gasteiger partial charge in [-0.05, 0) is 95.6 Å². The van der Waals surface area contributed by atoms with Crippen LogP contribution in [0.15, 0.2) is 23.8 Å². The molecular formula is C29H46F2N2O6. The zero-order valence-corrected chi connectivity index (χ0v) is 23.1. The van der Waals surface area contributed by atoms with Crippen LogP contribution in [-0.4, -0.2) is 62.9 Å². The van der Waals surface area contributed by atoms with Gasteiger partial charge in [0.2, 0.25) is 0 Å². The zero-order valence-electron chi connectivity index (χ0n) is 23.1. The molecule has 2 heterocycles. The second kappa shape index (κ2) is 18.5. The first-order valence-corrected chi connectivity index (χ1v) is 14.8. The molecule has 1 saturated carbocycles. The topological polar surface area (TPSA) is 95.1 Å². The smallest absolute Gasteiger partial charge is 0.279 e. The van der Waals surface area contributed by atoms with Gasteiger partial charge in [0.15, 0.2) is 24.2 Å². The molecule has 8 nitrogen and oxygen atoms in total. The Hall–Kier alpha value is -1.88. The molecule has 0 spiro atoms. The second-order valence-corrected chi connectivity index (χ2v) is 10.5. The molecule has 3 rings (SSSR count). The van der Waals surface area contributed by atoms with Crippen molar-refractivity contribution in [1.82, 2.24) is 10.6 Å². The van der Waals surface area contributed by atoms with E-state index in [1.165, 1.54) is 12.2 Å². The van der Waals surface area contributed by atoms with Gasteiger partial charge in [0.25, 0.3) is 11.8 Å². The first-order valence-electron chi connectivity index (χ1n) is 14.8. The third kappa shape index (κ3) is 13.4. The summed E-state index contributed by atoms with van der Waals surface area (Å²) < 4.78 is 50.6. The van der Waals surface area contributed by atoms with Gasteiger partial charge >= 0.3 is 0 Å². The fourth-order valence-electron chi connectivity index (χ4n) is 4.59. The monoisotopic (exact) mass is 556 g/mol. The van der Waals surface area contributed by atoms with Crippen molar-refractivity contribution in [1.29, 1.82) is 0 Å². The Kier molecular flexibility index (Phi) is 15.0. The van der Waals surface area contributed by atoms with Crippen LogP contribution in [0.2, 0.25) is 0 Å². The standard InChI is InChI=1S/C29H46F2N2O6/c30-22(13-5-1-3-9-17-36-26-15-7-11-19-38-26)28(34)32-24-21-25(24)33-29(35)23(31)14-6-2-4-10-18-37-27-16-8-12-20-39-27/h13-14,24-27H,1-12,15-21H2,(H,32,34)(H,33,35)/b22-13-,23-14+/t24-,25+,26?,27?/m1/s1. The average molecular weight is 557 g/mol. The van der Waals surface area contributed by atoms with Gasteiger partial charge in [0.05, 0.1) is 12.1 Å². The third-order valence-electron chi connectivity index (χ3n) is 7.08. The third-order valence-corrected chi connectivity index (χ3v) is 7.08. The molecule has 2 amide bonds. The van der Waals surface area contributed by atoms with E-state index >= 15 is 0 Å². The summed E-state index contributed by atoms with van der Waals surface area (Å²) in [6.45, 7) is 2.75. The summed E-state index contributed by atoms with van der Waals surface area (Å²) in [7, 11) is 0. The molecule has 4 atom stereocenters. The highest BCUT2D eigenvalue weighted by Crippen LogP contribution is 2.23. The van der Waals surface area contributed by atoms with E-state index in [1.54, 1.807) is 0 Å². The van der Waals surface area contributed by atoms with Gasteiger partial charge < -0.3 is 29.6 Å². The molecule has 10 heteroatoms. The maximum atomic E-state index is 14.1. The maximum absolute atomic E-state index is 14.1. The maximum Gasteiger partial charge on any atom is 0.279 e. The lowest BCUT2D eigenvalue weighted by atomic mass is 10.2. The number of amides is 2. The van der Waals surface area contributed by atoms with Crippen LogP contribution >= 0.6 is 0 Å². The molecule has 2 N–H and O–H groups in total. The molecule has 3 aliphatic rings. The van der Waals surface area contributed by atoms with Crippen molar-refractivity contribution in [3.8, 4) is 0 Å².